The summed E-state index contributed by atoms with van der Waals surface area (Å²) in [6.45, 7) is 0.833. The van der Waals surface area contributed by atoms with Gasteiger partial charge in [-0.15, -0.1) is 0 Å². The first-order valence-electron chi connectivity index (χ1n) is 12.6. The maximum Gasteiger partial charge on any atom is 0.305 e. The summed E-state index contributed by atoms with van der Waals surface area (Å²) in [4.78, 5) is 39.9. The number of hydrogen-bond acceptors (Lipinski definition) is 3. The van der Waals surface area contributed by atoms with E-state index in [-0.39, 0.29) is 31.3 Å². The minimum Gasteiger partial charge on any atom is -0.481 e. The zero-order valence-corrected chi connectivity index (χ0v) is 21.0. The van der Waals surface area contributed by atoms with Crippen molar-refractivity contribution >= 4 is 17.8 Å². The van der Waals surface area contributed by atoms with Gasteiger partial charge in [-0.3, -0.25) is 14.4 Å². The van der Waals surface area contributed by atoms with E-state index in [0.717, 1.165) is 11.1 Å². The van der Waals surface area contributed by atoms with E-state index in [4.69, 9.17) is 0 Å². The number of rotatable bonds is 11. The molecule has 2 N–H and O–H groups in total. The van der Waals surface area contributed by atoms with Crippen LogP contribution in [0, 0.1) is 0 Å². The van der Waals surface area contributed by atoms with E-state index >= 15 is 0 Å². The van der Waals surface area contributed by atoms with E-state index in [1.54, 1.807) is 29.2 Å². The van der Waals surface area contributed by atoms with Crippen molar-refractivity contribution in [1.29, 1.82) is 0 Å². The number of carboxylic acid groups (broad SMARTS) is 1. The van der Waals surface area contributed by atoms with Gasteiger partial charge in [-0.05, 0) is 40.8 Å². The predicted octanol–water partition coefficient (Wildman–Crippen LogP) is 5.44. The predicted molar refractivity (Wildman–Crippen MR) is 148 cm³/mol. The highest BCUT2D eigenvalue weighted by Crippen LogP contribution is 2.29. The van der Waals surface area contributed by atoms with Gasteiger partial charge >= 0.3 is 5.97 Å². The maximum absolute atomic E-state index is 13.8. The Morgan fingerprint density at radius 2 is 1.18 bits per heavy atom. The Morgan fingerprint density at radius 1 is 0.658 bits per heavy atom. The Labute approximate surface area is 222 Å². The molecule has 0 bridgehead atoms. The molecule has 0 aliphatic rings. The summed E-state index contributed by atoms with van der Waals surface area (Å²) in [5.41, 5.74) is 4.20. The van der Waals surface area contributed by atoms with E-state index in [1.165, 1.54) is 0 Å². The average molecular weight is 507 g/mol. The Hall–Kier alpha value is -4.71. The second-order valence-electron chi connectivity index (χ2n) is 8.94. The summed E-state index contributed by atoms with van der Waals surface area (Å²) in [5, 5.41) is 12.3. The van der Waals surface area contributed by atoms with Crippen LogP contribution in [0.15, 0.2) is 109 Å². The number of hydrogen-bond donors (Lipinski definition) is 2. The first-order chi connectivity index (χ1) is 18.5. The smallest absolute Gasteiger partial charge is 0.305 e. The largest absolute Gasteiger partial charge is 0.481 e. The van der Waals surface area contributed by atoms with Gasteiger partial charge in [0.1, 0.15) is 0 Å². The van der Waals surface area contributed by atoms with E-state index in [1.807, 2.05) is 84.9 Å². The molecule has 0 saturated heterocycles. The molecule has 0 aromatic heterocycles. The third kappa shape index (κ3) is 6.95. The molecule has 0 saturated carbocycles. The summed E-state index contributed by atoms with van der Waals surface area (Å²) < 4.78 is 0. The molecule has 38 heavy (non-hydrogen) atoms. The number of carboxylic acids is 1. The number of carbonyl (C=O) groups is 3. The molecule has 6 nitrogen and oxygen atoms in total. The zero-order valence-electron chi connectivity index (χ0n) is 21.0. The van der Waals surface area contributed by atoms with E-state index in [2.05, 4.69) is 5.32 Å². The van der Waals surface area contributed by atoms with E-state index in [9.17, 15) is 19.5 Å². The molecule has 0 atom stereocenters. The van der Waals surface area contributed by atoms with Gasteiger partial charge in [-0.2, -0.15) is 0 Å². The molecule has 0 aliphatic heterocycles. The Bertz CT molecular complexity index is 1390. The number of nitrogens with one attached hydrogen (secondary N) is 1. The van der Waals surface area contributed by atoms with Crippen LogP contribution < -0.4 is 5.32 Å². The molecular formula is C32H30N2O4. The molecule has 2 amide bonds. The summed E-state index contributed by atoms with van der Waals surface area (Å²) >= 11 is 0. The lowest BCUT2D eigenvalue weighted by atomic mass is 9.94. The topological polar surface area (TPSA) is 86.7 Å². The van der Waals surface area contributed by atoms with Crippen molar-refractivity contribution in [3.8, 4) is 11.1 Å². The number of aliphatic carboxylic acids is 1. The number of benzene rings is 4. The molecule has 6 heteroatoms. The lowest BCUT2D eigenvalue weighted by Gasteiger charge is -2.24. The molecule has 4 aromatic carbocycles. The summed E-state index contributed by atoms with van der Waals surface area (Å²) in [6.07, 6.45) is 0.545. The molecule has 192 valence electrons. The van der Waals surface area contributed by atoms with Crippen molar-refractivity contribution in [1.82, 2.24) is 10.2 Å². The summed E-state index contributed by atoms with van der Waals surface area (Å²) in [6, 6.07) is 33.8. The molecule has 0 heterocycles. The third-order valence-corrected chi connectivity index (χ3v) is 6.26. The van der Waals surface area contributed by atoms with Crippen molar-refractivity contribution in [3.05, 3.63) is 131 Å². The third-order valence-electron chi connectivity index (χ3n) is 6.26. The molecule has 0 aliphatic carbocycles. The number of amides is 2. The van der Waals surface area contributed by atoms with Crippen molar-refractivity contribution in [2.75, 3.05) is 13.1 Å². The number of carbonyl (C=O) groups excluding carboxylic acids is 2. The molecule has 0 spiro atoms. The van der Waals surface area contributed by atoms with Crippen LogP contribution in [0.2, 0.25) is 0 Å². The van der Waals surface area contributed by atoms with Crippen LogP contribution >= 0.6 is 0 Å². The molecular weight excluding hydrogens is 476 g/mol. The Balaban J connectivity index is 1.60. The van der Waals surface area contributed by atoms with Crippen molar-refractivity contribution in [2.24, 2.45) is 0 Å². The highest BCUT2D eigenvalue weighted by molar-refractivity contribution is 6.06. The van der Waals surface area contributed by atoms with Gasteiger partial charge in [0.25, 0.3) is 11.8 Å². The highest BCUT2D eigenvalue weighted by Gasteiger charge is 2.22. The summed E-state index contributed by atoms with van der Waals surface area (Å²) in [7, 11) is 0. The SMILES string of the molecule is O=C(O)CCN(Cc1ccccc1)C(=O)c1ccccc1-c1ccccc1C(=O)NCCc1ccccc1. The quantitative estimate of drug-likeness (QED) is 0.284. The van der Waals surface area contributed by atoms with Crippen molar-refractivity contribution in [3.63, 3.8) is 0 Å². The van der Waals surface area contributed by atoms with Gasteiger partial charge in [-0.1, -0.05) is 97.1 Å². The second kappa shape index (κ2) is 13.0. The fraction of sp³-hybridized carbons (Fsp3) is 0.156. The minimum absolute atomic E-state index is 0.0685. The van der Waals surface area contributed by atoms with Gasteiger partial charge < -0.3 is 15.3 Å². The van der Waals surface area contributed by atoms with E-state index in [0.29, 0.717) is 35.2 Å². The molecule has 0 radical (unpaired) electrons. The van der Waals surface area contributed by atoms with Crippen LogP contribution in [0.4, 0.5) is 0 Å². The molecule has 4 aromatic rings. The zero-order chi connectivity index (χ0) is 26.7. The van der Waals surface area contributed by atoms with Gasteiger partial charge in [0.15, 0.2) is 0 Å². The maximum atomic E-state index is 13.8. The van der Waals surface area contributed by atoms with Crippen LogP contribution in [0.3, 0.4) is 0 Å². The fourth-order valence-electron chi connectivity index (χ4n) is 4.34. The normalized spacial score (nSPS) is 10.5. The molecule has 0 unspecified atom stereocenters. The van der Waals surface area contributed by atoms with Crippen LogP contribution in [0.1, 0.15) is 38.3 Å². The standard InChI is InChI=1S/C32H30N2O4/c35-30(36)20-22-34(23-25-13-5-2-6-14-25)32(38)29-18-10-8-16-27(29)26-15-7-9-17-28(26)31(37)33-21-19-24-11-3-1-4-12-24/h1-18H,19-23H2,(H,33,37)(H,35,36). The monoisotopic (exact) mass is 506 g/mol. The fourth-order valence-corrected chi connectivity index (χ4v) is 4.34. The lowest BCUT2D eigenvalue weighted by molar-refractivity contribution is -0.137. The summed E-state index contributed by atoms with van der Waals surface area (Å²) in [5.74, 6) is -1.47. The molecule has 0 fully saturated rings. The Kier molecular flexibility index (Phi) is 9.03. The van der Waals surface area contributed by atoms with Crippen LogP contribution in [0.5, 0.6) is 0 Å². The number of nitrogens with zero attached hydrogens (tertiary/aromatic N) is 1. The van der Waals surface area contributed by atoms with Gasteiger partial charge in [0.2, 0.25) is 0 Å². The van der Waals surface area contributed by atoms with E-state index < -0.39 is 5.97 Å². The van der Waals surface area contributed by atoms with Crippen molar-refractivity contribution in [2.45, 2.75) is 19.4 Å². The van der Waals surface area contributed by atoms with Crippen LogP contribution in [-0.4, -0.2) is 40.9 Å². The first kappa shape index (κ1) is 26.4. The van der Waals surface area contributed by atoms with Gasteiger partial charge in [0.05, 0.1) is 6.42 Å². The second-order valence-corrected chi connectivity index (χ2v) is 8.94. The minimum atomic E-state index is -0.971. The Morgan fingerprint density at radius 3 is 1.82 bits per heavy atom. The molecule has 4 rings (SSSR count). The van der Waals surface area contributed by atoms with Gasteiger partial charge in [0, 0.05) is 30.8 Å². The first-order valence-corrected chi connectivity index (χ1v) is 12.6. The van der Waals surface area contributed by atoms with Crippen molar-refractivity contribution < 1.29 is 19.5 Å². The van der Waals surface area contributed by atoms with Gasteiger partial charge in [-0.25, -0.2) is 0 Å². The lowest BCUT2D eigenvalue weighted by Crippen LogP contribution is -2.33. The highest BCUT2D eigenvalue weighted by atomic mass is 16.4. The average Bonchev–Trinajstić information content (AvgIpc) is 2.96. The van der Waals surface area contributed by atoms with Crippen LogP contribution in [0.25, 0.3) is 11.1 Å². The van der Waals surface area contributed by atoms with Crippen LogP contribution in [-0.2, 0) is 17.8 Å².